The Kier molecular flexibility index (Phi) is 4.86. The van der Waals surface area contributed by atoms with Gasteiger partial charge in [0.05, 0.1) is 0 Å². The second-order valence-electron chi connectivity index (χ2n) is 5.04. The van der Waals surface area contributed by atoms with Gasteiger partial charge in [0, 0.05) is 18.1 Å². The molecule has 0 atom stereocenters. The van der Waals surface area contributed by atoms with Gasteiger partial charge in [0.15, 0.2) is 0 Å². The second-order valence-corrected chi connectivity index (χ2v) is 5.31. The van der Waals surface area contributed by atoms with Crippen LogP contribution in [0.2, 0.25) is 0 Å². The van der Waals surface area contributed by atoms with Crippen molar-refractivity contribution in [2.24, 2.45) is 0 Å². The molecule has 2 rings (SSSR count). The maximum absolute atomic E-state index is 5.93. The van der Waals surface area contributed by atoms with E-state index in [0.717, 1.165) is 17.8 Å². The fourth-order valence-corrected chi connectivity index (χ4v) is 2.26. The van der Waals surface area contributed by atoms with Crippen molar-refractivity contribution in [1.82, 2.24) is 0 Å². The van der Waals surface area contributed by atoms with Gasteiger partial charge in [-0.1, -0.05) is 56.3 Å². The van der Waals surface area contributed by atoms with Crippen molar-refractivity contribution in [2.75, 3.05) is 5.32 Å². The molecule has 1 nitrogen and oxygen atoms in total. The van der Waals surface area contributed by atoms with E-state index in [1.165, 1.54) is 11.1 Å². The van der Waals surface area contributed by atoms with E-state index < -0.39 is 0 Å². The highest BCUT2D eigenvalue weighted by atomic mass is 35.5. The molecule has 0 unspecified atom stereocenters. The van der Waals surface area contributed by atoms with Crippen molar-refractivity contribution < 1.29 is 0 Å². The number of halogens is 1. The van der Waals surface area contributed by atoms with Crippen LogP contribution in [-0.4, -0.2) is 0 Å². The molecule has 0 aliphatic carbocycles. The number of anilines is 1. The summed E-state index contributed by atoms with van der Waals surface area (Å²) in [6.45, 7) is 5.25. The molecule has 0 saturated carbocycles. The van der Waals surface area contributed by atoms with Gasteiger partial charge in [0.2, 0.25) is 0 Å². The predicted octanol–water partition coefficient (Wildman–Crippen LogP) is 5.16. The maximum Gasteiger partial charge on any atom is 0.0494 e. The Labute approximate surface area is 120 Å². The van der Waals surface area contributed by atoms with E-state index in [9.17, 15) is 0 Å². The molecule has 0 saturated heterocycles. The summed E-state index contributed by atoms with van der Waals surface area (Å²) < 4.78 is 0. The van der Waals surface area contributed by atoms with E-state index in [1.807, 2.05) is 12.1 Å². The van der Waals surface area contributed by atoms with E-state index in [-0.39, 0.29) is 0 Å². The highest BCUT2D eigenvalue weighted by Gasteiger charge is 2.01. The summed E-state index contributed by atoms with van der Waals surface area (Å²) in [6, 6.07) is 16.9. The van der Waals surface area contributed by atoms with Crippen molar-refractivity contribution in [1.29, 1.82) is 0 Å². The van der Waals surface area contributed by atoms with Crippen LogP contribution >= 0.6 is 11.6 Å². The van der Waals surface area contributed by atoms with E-state index in [4.69, 9.17) is 11.6 Å². The van der Waals surface area contributed by atoms with Crippen LogP contribution in [0.3, 0.4) is 0 Å². The summed E-state index contributed by atoms with van der Waals surface area (Å²) in [5.74, 6) is 1.12. The topological polar surface area (TPSA) is 12.0 Å². The molecular formula is C17H20ClN. The summed E-state index contributed by atoms with van der Waals surface area (Å²) in [5.41, 5.74) is 4.92. The van der Waals surface area contributed by atoms with Crippen LogP contribution in [0.1, 0.15) is 36.5 Å². The monoisotopic (exact) mass is 273 g/mol. The molecule has 0 aliphatic rings. The minimum Gasteiger partial charge on any atom is -0.381 e. The zero-order chi connectivity index (χ0) is 13.7. The van der Waals surface area contributed by atoms with Crippen molar-refractivity contribution in [3.63, 3.8) is 0 Å². The number of rotatable bonds is 5. The molecule has 0 radical (unpaired) electrons. The molecule has 1 N–H and O–H groups in total. The SMILES string of the molecule is CC(C)c1ccc(CNc2ccccc2CCl)cc1. The first kappa shape index (κ1) is 14.0. The molecule has 0 heterocycles. The lowest BCUT2D eigenvalue weighted by Crippen LogP contribution is -2.02. The zero-order valence-electron chi connectivity index (χ0n) is 11.5. The average Bonchev–Trinajstić information content (AvgIpc) is 2.45. The van der Waals surface area contributed by atoms with E-state index >= 15 is 0 Å². The van der Waals surface area contributed by atoms with Gasteiger partial charge in [0.1, 0.15) is 0 Å². The Bertz CT molecular complexity index is 517. The lowest BCUT2D eigenvalue weighted by Gasteiger charge is -2.11. The summed E-state index contributed by atoms with van der Waals surface area (Å²) in [5, 5.41) is 3.44. The Morgan fingerprint density at radius 2 is 1.68 bits per heavy atom. The number of benzene rings is 2. The second kappa shape index (κ2) is 6.63. The standard InChI is InChI=1S/C17H20ClN/c1-13(2)15-9-7-14(8-10-15)12-19-17-6-4-3-5-16(17)11-18/h3-10,13,19H,11-12H2,1-2H3. The first-order valence-corrected chi connectivity index (χ1v) is 7.20. The summed E-state index contributed by atoms with van der Waals surface area (Å²) >= 11 is 5.93. The molecule has 0 spiro atoms. The third-order valence-corrected chi connectivity index (χ3v) is 3.58. The molecule has 100 valence electrons. The fraction of sp³-hybridized carbons (Fsp3) is 0.294. The number of hydrogen-bond donors (Lipinski definition) is 1. The molecule has 2 heteroatoms. The smallest absolute Gasteiger partial charge is 0.0494 e. The zero-order valence-corrected chi connectivity index (χ0v) is 12.2. The Morgan fingerprint density at radius 3 is 2.32 bits per heavy atom. The molecule has 0 fully saturated rings. The van der Waals surface area contributed by atoms with Crippen molar-refractivity contribution in [3.05, 3.63) is 65.2 Å². The average molecular weight is 274 g/mol. The summed E-state index contributed by atoms with van der Waals surface area (Å²) in [7, 11) is 0. The molecule has 0 amide bonds. The minimum atomic E-state index is 0.537. The number of hydrogen-bond acceptors (Lipinski definition) is 1. The van der Waals surface area contributed by atoms with Crippen LogP contribution < -0.4 is 5.32 Å². The summed E-state index contributed by atoms with van der Waals surface area (Å²) in [6.07, 6.45) is 0. The van der Waals surface area contributed by atoms with Crippen molar-refractivity contribution in [2.45, 2.75) is 32.2 Å². The first-order valence-electron chi connectivity index (χ1n) is 6.67. The number of para-hydroxylation sites is 1. The molecule has 0 aliphatic heterocycles. The molecule has 2 aromatic rings. The highest BCUT2D eigenvalue weighted by molar-refractivity contribution is 6.17. The lowest BCUT2D eigenvalue weighted by molar-refractivity contribution is 0.865. The van der Waals surface area contributed by atoms with E-state index in [0.29, 0.717) is 11.8 Å². The third-order valence-electron chi connectivity index (χ3n) is 3.29. The predicted molar refractivity (Wildman–Crippen MR) is 83.9 cm³/mol. The molecule has 19 heavy (non-hydrogen) atoms. The molecular weight excluding hydrogens is 254 g/mol. The number of nitrogens with one attached hydrogen (secondary N) is 1. The normalized spacial score (nSPS) is 10.7. The van der Waals surface area contributed by atoms with Crippen LogP contribution in [0, 0.1) is 0 Å². The van der Waals surface area contributed by atoms with Gasteiger partial charge in [-0.2, -0.15) is 0 Å². The van der Waals surface area contributed by atoms with Crippen LogP contribution in [0.15, 0.2) is 48.5 Å². The maximum atomic E-state index is 5.93. The molecule has 0 bridgehead atoms. The van der Waals surface area contributed by atoms with Crippen LogP contribution in [-0.2, 0) is 12.4 Å². The fourth-order valence-electron chi connectivity index (χ4n) is 2.03. The van der Waals surface area contributed by atoms with Gasteiger partial charge in [-0.15, -0.1) is 11.6 Å². The Hall–Kier alpha value is -1.47. The highest BCUT2D eigenvalue weighted by Crippen LogP contribution is 2.19. The Morgan fingerprint density at radius 1 is 1.00 bits per heavy atom. The quantitative estimate of drug-likeness (QED) is 0.742. The largest absolute Gasteiger partial charge is 0.381 e. The van der Waals surface area contributed by atoms with Gasteiger partial charge in [-0.05, 0) is 28.7 Å². The van der Waals surface area contributed by atoms with Crippen LogP contribution in [0.4, 0.5) is 5.69 Å². The number of alkyl halides is 1. The van der Waals surface area contributed by atoms with E-state index in [1.54, 1.807) is 0 Å². The Balaban J connectivity index is 2.02. The molecule has 2 aromatic carbocycles. The van der Waals surface area contributed by atoms with Gasteiger partial charge < -0.3 is 5.32 Å². The van der Waals surface area contributed by atoms with E-state index in [2.05, 4.69) is 55.6 Å². The minimum absolute atomic E-state index is 0.537. The van der Waals surface area contributed by atoms with Gasteiger partial charge in [-0.25, -0.2) is 0 Å². The summed E-state index contributed by atoms with van der Waals surface area (Å²) in [4.78, 5) is 0. The van der Waals surface area contributed by atoms with Crippen molar-refractivity contribution >= 4 is 17.3 Å². The van der Waals surface area contributed by atoms with Crippen LogP contribution in [0.25, 0.3) is 0 Å². The van der Waals surface area contributed by atoms with Gasteiger partial charge >= 0.3 is 0 Å². The van der Waals surface area contributed by atoms with Gasteiger partial charge in [-0.3, -0.25) is 0 Å². The van der Waals surface area contributed by atoms with Gasteiger partial charge in [0.25, 0.3) is 0 Å². The molecule has 0 aromatic heterocycles. The third kappa shape index (κ3) is 3.74. The van der Waals surface area contributed by atoms with Crippen LogP contribution in [0.5, 0.6) is 0 Å². The first-order chi connectivity index (χ1) is 9.20. The van der Waals surface area contributed by atoms with Crippen molar-refractivity contribution in [3.8, 4) is 0 Å². The lowest BCUT2D eigenvalue weighted by atomic mass is 10.0.